The van der Waals surface area contributed by atoms with Gasteiger partial charge in [-0.2, -0.15) is 0 Å². The molecule has 0 aliphatic carbocycles. The molecule has 3 atom stereocenters. The van der Waals surface area contributed by atoms with Crippen LogP contribution < -0.4 is 10.6 Å². The van der Waals surface area contributed by atoms with Gasteiger partial charge in [-0.3, -0.25) is 19.4 Å². The molecule has 2 aliphatic rings. The molecule has 0 spiro atoms. The standard InChI is InChI=1S/C26H32N6O4/c1-16-9-7-8-12-32(16)23(33)14-20(30-26(35)21-13-17(2)36-31-21)25(34)28-18(3)24-27-15-22(29-24)19-10-5-4-6-11-19/h4-6,10-11,13,16,18,20H,7-9,12,14-15H2,1-3H3,(H,28,34)(H,30,35)/t16?,18-,20-/m0/s1. The molecule has 4 rings (SSSR count). The molecule has 10 heteroatoms. The second kappa shape index (κ2) is 11.3. The first-order valence-electron chi connectivity index (χ1n) is 12.3. The number of rotatable bonds is 8. The van der Waals surface area contributed by atoms with E-state index < -0.39 is 23.9 Å². The van der Waals surface area contributed by atoms with E-state index in [1.807, 2.05) is 37.3 Å². The number of amides is 3. The first-order valence-corrected chi connectivity index (χ1v) is 12.3. The minimum absolute atomic E-state index is 0.0504. The van der Waals surface area contributed by atoms with Gasteiger partial charge in [0.25, 0.3) is 5.91 Å². The molecule has 190 valence electrons. The van der Waals surface area contributed by atoms with Crippen molar-refractivity contribution in [3.05, 3.63) is 53.4 Å². The second-order valence-corrected chi connectivity index (χ2v) is 9.31. The lowest BCUT2D eigenvalue weighted by Crippen LogP contribution is -2.53. The average molecular weight is 493 g/mol. The van der Waals surface area contributed by atoms with Crippen molar-refractivity contribution in [2.24, 2.45) is 9.98 Å². The molecule has 1 unspecified atom stereocenters. The van der Waals surface area contributed by atoms with Gasteiger partial charge in [-0.05, 0) is 45.6 Å². The van der Waals surface area contributed by atoms with E-state index in [2.05, 4.69) is 25.8 Å². The predicted octanol–water partition coefficient (Wildman–Crippen LogP) is 2.28. The molecule has 2 aliphatic heterocycles. The van der Waals surface area contributed by atoms with Crippen molar-refractivity contribution in [2.75, 3.05) is 13.1 Å². The van der Waals surface area contributed by atoms with Crippen molar-refractivity contribution in [2.45, 2.75) is 64.6 Å². The van der Waals surface area contributed by atoms with Crippen LogP contribution >= 0.6 is 0 Å². The van der Waals surface area contributed by atoms with Crippen LogP contribution in [0.3, 0.4) is 0 Å². The summed E-state index contributed by atoms with van der Waals surface area (Å²) in [6, 6.07) is 9.72. The first kappa shape index (κ1) is 25.3. The van der Waals surface area contributed by atoms with Gasteiger partial charge in [-0.25, -0.2) is 4.99 Å². The van der Waals surface area contributed by atoms with Crippen LogP contribution in [-0.4, -0.2) is 70.5 Å². The number of amidine groups is 1. The molecule has 36 heavy (non-hydrogen) atoms. The third-order valence-corrected chi connectivity index (χ3v) is 6.48. The Morgan fingerprint density at radius 2 is 1.94 bits per heavy atom. The molecular weight excluding hydrogens is 460 g/mol. The lowest BCUT2D eigenvalue weighted by atomic mass is 10.0. The molecule has 0 radical (unpaired) electrons. The average Bonchev–Trinajstić information content (AvgIpc) is 3.54. The zero-order valence-corrected chi connectivity index (χ0v) is 20.9. The van der Waals surface area contributed by atoms with Crippen LogP contribution in [0.25, 0.3) is 0 Å². The van der Waals surface area contributed by atoms with E-state index >= 15 is 0 Å². The first-order chi connectivity index (χ1) is 17.3. The summed E-state index contributed by atoms with van der Waals surface area (Å²) in [4.78, 5) is 50.0. The molecule has 3 amide bonds. The quantitative estimate of drug-likeness (QED) is 0.584. The second-order valence-electron chi connectivity index (χ2n) is 9.31. The van der Waals surface area contributed by atoms with Gasteiger partial charge < -0.3 is 20.1 Å². The molecule has 1 aromatic heterocycles. The van der Waals surface area contributed by atoms with Gasteiger partial charge in [0.1, 0.15) is 17.6 Å². The van der Waals surface area contributed by atoms with Crippen molar-refractivity contribution in [1.82, 2.24) is 20.7 Å². The van der Waals surface area contributed by atoms with E-state index in [-0.39, 0.29) is 24.1 Å². The van der Waals surface area contributed by atoms with Crippen molar-refractivity contribution in [1.29, 1.82) is 0 Å². The minimum Gasteiger partial charge on any atom is -0.361 e. The topological polar surface area (TPSA) is 129 Å². The Bertz CT molecular complexity index is 1170. The number of carbonyl (C=O) groups is 3. The largest absolute Gasteiger partial charge is 0.361 e. The summed E-state index contributed by atoms with van der Waals surface area (Å²) in [7, 11) is 0. The number of aliphatic imine (C=N–C) groups is 2. The molecule has 2 aromatic rings. The Morgan fingerprint density at radius 3 is 2.64 bits per heavy atom. The predicted molar refractivity (Wildman–Crippen MR) is 135 cm³/mol. The van der Waals surface area contributed by atoms with Gasteiger partial charge in [-0.1, -0.05) is 35.5 Å². The monoisotopic (exact) mass is 492 g/mol. The Hall–Kier alpha value is -3.82. The summed E-state index contributed by atoms with van der Waals surface area (Å²) in [5.74, 6) is -0.272. The highest BCUT2D eigenvalue weighted by Crippen LogP contribution is 2.18. The highest BCUT2D eigenvalue weighted by atomic mass is 16.5. The van der Waals surface area contributed by atoms with Gasteiger partial charge in [-0.15, -0.1) is 0 Å². The Balaban J connectivity index is 1.45. The van der Waals surface area contributed by atoms with Gasteiger partial charge in [0, 0.05) is 18.7 Å². The normalized spacial score (nSPS) is 19.2. The van der Waals surface area contributed by atoms with Crippen molar-refractivity contribution in [3.63, 3.8) is 0 Å². The Kier molecular flexibility index (Phi) is 7.92. The lowest BCUT2D eigenvalue weighted by molar-refractivity contribution is -0.137. The molecule has 1 saturated heterocycles. The number of likely N-dealkylation sites (tertiary alicyclic amines) is 1. The van der Waals surface area contributed by atoms with E-state index in [1.54, 1.807) is 18.7 Å². The fraction of sp³-hybridized carbons (Fsp3) is 0.462. The highest BCUT2D eigenvalue weighted by Gasteiger charge is 2.31. The number of piperidine rings is 1. The molecule has 0 bridgehead atoms. The maximum absolute atomic E-state index is 13.3. The summed E-state index contributed by atoms with van der Waals surface area (Å²) in [6.45, 7) is 6.53. The summed E-state index contributed by atoms with van der Waals surface area (Å²) in [6.07, 6.45) is 2.76. The number of aryl methyl sites for hydroxylation is 1. The number of benzene rings is 1. The highest BCUT2D eigenvalue weighted by molar-refractivity contribution is 6.14. The summed E-state index contributed by atoms with van der Waals surface area (Å²) >= 11 is 0. The van der Waals surface area contributed by atoms with Gasteiger partial charge >= 0.3 is 0 Å². The molecular formula is C26H32N6O4. The smallest absolute Gasteiger partial charge is 0.274 e. The fourth-order valence-electron chi connectivity index (χ4n) is 4.44. The summed E-state index contributed by atoms with van der Waals surface area (Å²) < 4.78 is 4.98. The van der Waals surface area contributed by atoms with Crippen LogP contribution in [0.4, 0.5) is 0 Å². The Morgan fingerprint density at radius 1 is 1.17 bits per heavy atom. The van der Waals surface area contributed by atoms with Crippen molar-refractivity contribution >= 4 is 29.3 Å². The van der Waals surface area contributed by atoms with Gasteiger partial charge in [0.15, 0.2) is 5.69 Å². The molecule has 1 fully saturated rings. The third kappa shape index (κ3) is 6.05. The zero-order chi connectivity index (χ0) is 25.7. The molecule has 1 aromatic carbocycles. The van der Waals surface area contributed by atoms with Gasteiger partial charge in [0.05, 0.1) is 24.7 Å². The van der Waals surface area contributed by atoms with Crippen molar-refractivity contribution in [3.8, 4) is 0 Å². The molecule has 2 N–H and O–H groups in total. The van der Waals surface area contributed by atoms with E-state index in [1.165, 1.54) is 6.07 Å². The van der Waals surface area contributed by atoms with E-state index in [0.29, 0.717) is 24.7 Å². The molecule has 3 heterocycles. The van der Waals surface area contributed by atoms with E-state index in [9.17, 15) is 14.4 Å². The maximum Gasteiger partial charge on any atom is 0.274 e. The Labute approximate surface area is 210 Å². The van der Waals surface area contributed by atoms with E-state index in [4.69, 9.17) is 4.52 Å². The van der Waals surface area contributed by atoms with Crippen LogP contribution in [0, 0.1) is 6.92 Å². The number of carbonyl (C=O) groups excluding carboxylic acids is 3. The molecule has 0 saturated carbocycles. The van der Waals surface area contributed by atoms with Crippen LogP contribution in [0.1, 0.15) is 61.3 Å². The zero-order valence-electron chi connectivity index (χ0n) is 20.9. The maximum atomic E-state index is 13.3. The molecule has 10 nitrogen and oxygen atoms in total. The van der Waals surface area contributed by atoms with Gasteiger partial charge in [0.2, 0.25) is 11.8 Å². The number of hydrogen-bond acceptors (Lipinski definition) is 7. The summed E-state index contributed by atoms with van der Waals surface area (Å²) in [5, 5.41) is 9.25. The van der Waals surface area contributed by atoms with Crippen LogP contribution in [0.15, 0.2) is 50.9 Å². The van der Waals surface area contributed by atoms with E-state index in [0.717, 1.165) is 30.5 Å². The minimum atomic E-state index is -1.09. The van der Waals surface area contributed by atoms with Crippen LogP contribution in [0.2, 0.25) is 0 Å². The number of hydrogen-bond donors (Lipinski definition) is 2. The van der Waals surface area contributed by atoms with Crippen LogP contribution in [0.5, 0.6) is 0 Å². The lowest BCUT2D eigenvalue weighted by Gasteiger charge is -2.34. The van der Waals surface area contributed by atoms with Crippen molar-refractivity contribution < 1.29 is 18.9 Å². The number of nitrogens with one attached hydrogen (secondary N) is 2. The number of nitrogens with zero attached hydrogens (tertiary/aromatic N) is 4. The third-order valence-electron chi connectivity index (χ3n) is 6.48. The van der Waals surface area contributed by atoms with Crippen LogP contribution in [-0.2, 0) is 9.59 Å². The number of aromatic nitrogens is 1. The SMILES string of the molecule is Cc1cc(C(=O)N[C@@H](CC(=O)N2CCCCC2C)C(=O)N[C@@H](C)C2=NCC(c3ccccc3)=N2)no1. The summed E-state index contributed by atoms with van der Waals surface area (Å²) in [5.41, 5.74) is 1.85. The fourth-order valence-corrected chi connectivity index (χ4v) is 4.44.